The highest BCUT2D eigenvalue weighted by molar-refractivity contribution is 14.1. The lowest BCUT2D eigenvalue weighted by molar-refractivity contribution is -0.193. The van der Waals surface area contributed by atoms with Crippen LogP contribution in [0.3, 0.4) is 0 Å². The van der Waals surface area contributed by atoms with Crippen LogP contribution in [-0.2, 0) is 4.79 Å². The molecule has 1 aromatic carbocycles. The third-order valence-electron chi connectivity index (χ3n) is 7.12. The van der Waals surface area contributed by atoms with E-state index in [1.807, 2.05) is 31.2 Å². The van der Waals surface area contributed by atoms with Gasteiger partial charge in [0.15, 0.2) is 0 Å². The molecule has 1 aromatic rings. The van der Waals surface area contributed by atoms with Crippen LogP contribution in [0.15, 0.2) is 29.8 Å². The number of amides is 1. The van der Waals surface area contributed by atoms with Crippen molar-refractivity contribution in [1.29, 1.82) is 0 Å². The standard InChI is InChI=1S/C23H28F3IN2O.ClH/c1-2-15(11-16-5-3-4-6-19(16)27)18-12-20(18)29(21(30)23(24,25)26)17-13-22(14-17)7-9-28-10-8-22;/h3-6,11,17-18,20,28H,2,7-10,12-14H2,1H3;1H/b15-11+;/t18-,20+;/m0./s1. The molecule has 1 saturated heterocycles. The second-order valence-corrected chi connectivity index (χ2v) is 10.2. The van der Waals surface area contributed by atoms with Crippen LogP contribution in [0.25, 0.3) is 6.08 Å². The third-order valence-corrected chi connectivity index (χ3v) is 8.10. The van der Waals surface area contributed by atoms with Gasteiger partial charge in [0, 0.05) is 21.6 Å². The Balaban J connectivity index is 0.00000272. The van der Waals surface area contributed by atoms with Crippen molar-refractivity contribution in [2.24, 2.45) is 11.3 Å². The number of nitrogens with zero attached hydrogens (tertiary/aromatic N) is 1. The highest BCUT2D eigenvalue weighted by Crippen LogP contribution is 2.54. The molecule has 3 fully saturated rings. The molecule has 1 aliphatic heterocycles. The molecular formula is C23H29ClF3IN2O. The fourth-order valence-electron chi connectivity index (χ4n) is 5.39. The Morgan fingerprint density at radius 3 is 2.48 bits per heavy atom. The van der Waals surface area contributed by atoms with Crippen molar-refractivity contribution in [2.45, 2.75) is 63.7 Å². The third kappa shape index (κ3) is 5.24. The van der Waals surface area contributed by atoms with Crippen LogP contribution < -0.4 is 5.32 Å². The zero-order chi connectivity index (χ0) is 21.5. The van der Waals surface area contributed by atoms with E-state index < -0.39 is 12.1 Å². The van der Waals surface area contributed by atoms with Crippen molar-refractivity contribution in [1.82, 2.24) is 10.2 Å². The zero-order valence-electron chi connectivity index (χ0n) is 17.6. The highest BCUT2D eigenvalue weighted by atomic mass is 127. The maximum Gasteiger partial charge on any atom is 0.471 e. The van der Waals surface area contributed by atoms with E-state index in [2.05, 4.69) is 34.0 Å². The Morgan fingerprint density at radius 1 is 1.26 bits per heavy atom. The first-order chi connectivity index (χ1) is 14.2. The van der Waals surface area contributed by atoms with E-state index in [1.54, 1.807) is 0 Å². The van der Waals surface area contributed by atoms with Gasteiger partial charge in [-0.2, -0.15) is 13.2 Å². The molecule has 0 radical (unpaired) electrons. The molecule has 172 valence electrons. The smallest absolute Gasteiger partial charge is 0.328 e. The topological polar surface area (TPSA) is 32.3 Å². The normalized spacial score (nSPS) is 25.5. The second kappa shape index (κ2) is 9.59. The number of hydrogen-bond acceptors (Lipinski definition) is 2. The average molecular weight is 569 g/mol. The molecule has 2 atom stereocenters. The van der Waals surface area contributed by atoms with Gasteiger partial charge < -0.3 is 10.2 Å². The van der Waals surface area contributed by atoms with Crippen LogP contribution >= 0.6 is 35.0 Å². The van der Waals surface area contributed by atoms with E-state index in [4.69, 9.17) is 0 Å². The van der Waals surface area contributed by atoms with Gasteiger partial charge in [0.1, 0.15) is 0 Å². The molecule has 0 bridgehead atoms. The first-order valence-electron chi connectivity index (χ1n) is 10.8. The summed E-state index contributed by atoms with van der Waals surface area (Å²) in [5.74, 6) is -1.62. The summed E-state index contributed by atoms with van der Waals surface area (Å²) in [6, 6.07) is 7.40. The number of benzene rings is 1. The Kier molecular flexibility index (Phi) is 7.69. The summed E-state index contributed by atoms with van der Waals surface area (Å²) in [4.78, 5) is 13.6. The van der Waals surface area contributed by atoms with Gasteiger partial charge in [-0.15, -0.1) is 12.4 Å². The maximum atomic E-state index is 13.4. The molecule has 3 aliphatic rings. The van der Waals surface area contributed by atoms with Gasteiger partial charge in [0.05, 0.1) is 0 Å². The molecule has 0 aromatic heterocycles. The molecule has 0 unspecified atom stereocenters. The summed E-state index contributed by atoms with van der Waals surface area (Å²) in [5.41, 5.74) is 2.36. The predicted octanol–water partition coefficient (Wildman–Crippen LogP) is 5.82. The number of carbonyl (C=O) groups excluding carboxylic acids is 1. The van der Waals surface area contributed by atoms with Crippen molar-refractivity contribution in [2.75, 3.05) is 13.1 Å². The van der Waals surface area contributed by atoms with Crippen LogP contribution in [0.4, 0.5) is 13.2 Å². The first-order valence-corrected chi connectivity index (χ1v) is 11.9. The second-order valence-electron chi connectivity index (χ2n) is 9.03. The summed E-state index contributed by atoms with van der Waals surface area (Å²) in [7, 11) is 0. The molecule has 1 spiro atoms. The van der Waals surface area contributed by atoms with Gasteiger partial charge in [-0.1, -0.05) is 36.8 Å². The highest BCUT2D eigenvalue weighted by Gasteiger charge is 2.58. The minimum atomic E-state index is -4.81. The molecule has 2 saturated carbocycles. The van der Waals surface area contributed by atoms with Crippen molar-refractivity contribution in [3.8, 4) is 0 Å². The van der Waals surface area contributed by atoms with Crippen LogP contribution in [0, 0.1) is 14.9 Å². The molecule has 31 heavy (non-hydrogen) atoms. The molecule has 1 N–H and O–H groups in total. The van der Waals surface area contributed by atoms with E-state index in [9.17, 15) is 18.0 Å². The van der Waals surface area contributed by atoms with Crippen LogP contribution in [0.2, 0.25) is 0 Å². The van der Waals surface area contributed by atoms with Crippen molar-refractivity contribution in [3.63, 3.8) is 0 Å². The number of alkyl halides is 3. The Bertz CT molecular complexity index is 830. The van der Waals surface area contributed by atoms with Crippen molar-refractivity contribution in [3.05, 3.63) is 39.0 Å². The van der Waals surface area contributed by atoms with Gasteiger partial charge in [-0.05, 0) is 91.3 Å². The van der Waals surface area contributed by atoms with Crippen molar-refractivity contribution >= 4 is 47.0 Å². The molecule has 1 amide bonds. The minimum Gasteiger partial charge on any atom is -0.328 e. The molecule has 1 heterocycles. The molecule has 8 heteroatoms. The monoisotopic (exact) mass is 568 g/mol. The lowest BCUT2D eigenvalue weighted by Crippen LogP contribution is -2.59. The molecule has 4 rings (SSSR count). The lowest BCUT2D eigenvalue weighted by Gasteiger charge is -2.54. The van der Waals surface area contributed by atoms with Gasteiger partial charge in [-0.3, -0.25) is 4.79 Å². The number of piperidine rings is 1. The minimum absolute atomic E-state index is 0. The van der Waals surface area contributed by atoms with E-state index >= 15 is 0 Å². The van der Waals surface area contributed by atoms with E-state index in [-0.39, 0.29) is 35.8 Å². The maximum absolute atomic E-state index is 13.4. The zero-order valence-corrected chi connectivity index (χ0v) is 20.5. The number of halogens is 5. The fraction of sp³-hybridized carbons (Fsp3) is 0.609. The van der Waals surface area contributed by atoms with E-state index in [1.165, 1.54) is 4.90 Å². The van der Waals surface area contributed by atoms with Crippen LogP contribution in [0.1, 0.15) is 51.0 Å². The summed E-state index contributed by atoms with van der Waals surface area (Å²) in [6.45, 7) is 3.88. The summed E-state index contributed by atoms with van der Waals surface area (Å²) in [6.07, 6.45) is 2.13. The van der Waals surface area contributed by atoms with Gasteiger partial charge >= 0.3 is 12.1 Å². The lowest BCUT2D eigenvalue weighted by atomic mass is 9.60. The molecule has 3 nitrogen and oxygen atoms in total. The molecular weight excluding hydrogens is 540 g/mol. The first kappa shape index (κ1) is 24.8. The van der Waals surface area contributed by atoms with Gasteiger partial charge in [0.25, 0.3) is 0 Å². The number of nitrogens with one attached hydrogen (secondary N) is 1. The van der Waals surface area contributed by atoms with Crippen LogP contribution in [0.5, 0.6) is 0 Å². The summed E-state index contributed by atoms with van der Waals surface area (Å²) < 4.78 is 41.4. The summed E-state index contributed by atoms with van der Waals surface area (Å²) in [5, 5.41) is 3.32. The van der Waals surface area contributed by atoms with E-state index in [0.717, 1.165) is 47.1 Å². The fourth-order valence-corrected chi connectivity index (χ4v) is 5.93. The predicted molar refractivity (Wildman–Crippen MR) is 127 cm³/mol. The Morgan fingerprint density at radius 2 is 1.90 bits per heavy atom. The largest absolute Gasteiger partial charge is 0.471 e. The SMILES string of the molecule is CC/C(=C\c1ccccc1I)[C@@H]1C[C@H]1N(C(=O)C(F)(F)F)C1CC2(CCNCC2)C1.Cl. The summed E-state index contributed by atoms with van der Waals surface area (Å²) >= 11 is 2.28. The number of carbonyl (C=O) groups is 1. The average Bonchev–Trinajstić information content (AvgIpc) is 3.46. The van der Waals surface area contributed by atoms with Gasteiger partial charge in [0.2, 0.25) is 0 Å². The Labute approximate surface area is 201 Å². The Hall–Kier alpha value is -0.800. The van der Waals surface area contributed by atoms with Crippen molar-refractivity contribution < 1.29 is 18.0 Å². The number of rotatable bonds is 5. The van der Waals surface area contributed by atoms with E-state index in [0.29, 0.717) is 19.3 Å². The van der Waals surface area contributed by atoms with Crippen LogP contribution in [-0.4, -0.2) is 42.2 Å². The number of hydrogen-bond donors (Lipinski definition) is 1. The molecule has 2 aliphatic carbocycles. The van der Waals surface area contributed by atoms with Gasteiger partial charge in [-0.25, -0.2) is 0 Å². The quantitative estimate of drug-likeness (QED) is 0.454.